The van der Waals surface area contributed by atoms with Gasteiger partial charge in [-0.25, -0.2) is 0 Å². The van der Waals surface area contributed by atoms with Gasteiger partial charge in [0.2, 0.25) is 0 Å². The van der Waals surface area contributed by atoms with Gasteiger partial charge in [0.1, 0.15) is 6.29 Å². The van der Waals surface area contributed by atoms with Gasteiger partial charge in [0.25, 0.3) is 5.91 Å². The molecule has 1 heterocycles. The summed E-state index contributed by atoms with van der Waals surface area (Å²) in [6.07, 6.45) is 4.27. The summed E-state index contributed by atoms with van der Waals surface area (Å²) in [4.78, 5) is 29.7. The van der Waals surface area contributed by atoms with Crippen LogP contribution < -0.4 is 0 Å². The zero-order chi connectivity index (χ0) is 17.6. The first kappa shape index (κ1) is 16.6. The Morgan fingerprint density at radius 3 is 2.28 bits per heavy atom. The van der Waals surface area contributed by atoms with Gasteiger partial charge in [-0.05, 0) is 29.3 Å². The van der Waals surface area contributed by atoms with Gasteiger partial charge in [-0.1, -0.05) is 48.5 Å². The summed E-state index contributed by atoms with van der Waals surface area (Å²) >= 11 is 0. The molecule has 4 nitrogen and oxygen atoms in total. The van der Waals surface area contributed by atoms with E-state index in [1.807, 2.05) is 42.5 Å². The second kappa shape index (κ2) is 7.53. The maximum atomic E-state index is 12.9. The largest absolute Gasteiger partial charge is 0.331 e. The lowest BCUT2D eigenvalue weighted by Gasteiger charge is -2.29. The van der Waals surface area contributed by atoms with Gasteiger partial charge in [0.05, 0.1) is 6.04 Å². The number of carbonyl (C=O) groups is 2. The second-order valence-corrected chi connectivity index (χ2v) is 5.76. The topological polar surface area (TPSA) is 50.3 Å². The van der Waals surface area contributed by atoms with E-state index in [9.17, 15) is 9.59 Å². The van der Waals surface area contributed by atoms with E-state index in [1.54, 1.807) is 48.6 Å². The van der Waals surface area contributed by atoms with Gasteiger partial charge in [0.15, 0.2) is 0 Å². The van der Waals surface area contributed by atoms with E-state index in [1.165, 1.54) is 0 Å². The molecule has 0 radical (unpaired) electrons. The third kappa shape index (κ3) is 3.63. The Kier molecular flexibility index (Phi) is 5.00. The fourth-order valence-corrected chi connectivity index (χ4v) is 2.84. The molecule has 2 aromatic carbocycles. The fourth-order valence-electron chi connectivity index (χ4n) is 2.84. The zero-order valence-electron chi connectivity index (χ0n) is 13.9. The number of hydrogen-bond acceptors (Lipinski definition) is 3. The highest BCUT2D eigenvalue weighted by molar-refractivity contribution is 5.94. The predicted molar refractivity (Wildman–Crippen MR) is 96.4 cm³/mol. The molecule has 0 bridgehead atoms. The molecule has 124 valence electrons. The monoisotopic (exact) mass is 330 g/mol. The summed E-state index contributed by atoms with van der Waals surface area (Å²) in [6, 6.07) is 19.9. The number of benzene rings is 2. The highest BCUT2D eigenvalue weighted by Crippen LogP contribution is 2.28. The van der Waals surface area contributed by atoms with Crippen molar-refractivity contribution in [1.29, 1.82) is 0 Å². The maximum Gasteiger partial charge on any atom is 0.254 e. The lowest BCUT2D eigenvalue weighted by Crippen LogP contribution is -2.32. The van der Waals surface area contributed by atoms with Gasteiger partial charge in [-0.2, -0.15) is 0 Å². The molecular weight excluding hydrogens is 312 g/mol. The normalized spacial score (nSPS) is 11.6. The third-order valence-corrected chi connectivity index (χ3v) is 4.12. The van der Waals surface area contributed by atoms with Crippen LogP contribution in [0.2, 0.25) is 0 Å². The fraction of sp³-hybridized carbons (Fsp3) is 0.0952. The highest BCUT2D eigenvalue weighted by Gasteiger charge is 2.24. The first-order valence-corrected chi connectivity index (χ1v) is 7.98. The molecule has 0 aliphatic heterocycles. The summed E-state index contributed by atoms with van der Waals surface area (Å²) in [5.74, 6) is -0.0751. The van der Waals surface area contributed by atoms with Crippen LogP contribution in [0.3, 0.4) is 0 Å². The Labute approximate surface area is 146 Å². The smallest absolute Gasteiger partial charge is 0.254 e. The molecule has 1 aromatic heterocycles. The Hall–Kier alpha value is -3.27. The molecule has 0 saturated carbocycles. The van der Waals surface area contributed by atoms with Gasteiger partial charge in [0, 0.05) is 30.6 Å². The van der Waals surface area contributed by atoms with E-state index >= 15 is 0 Å². The molecule has 3 aromatic rings. The lowest BCUT2D eigenvalue weighted by molar-refractivity contribution is 0.0754. The van der Waals surface area contributed by atoms with Crippen LogP contribution in [0.25, 0.3) is 0 Å². The summed E-state index contributed by atoms with van der Waals surface area (Å²) in [5, 5.41) is 0. The second-order valence-electron chi connectivity index (χ2n) is 5.76. The number of aromatic nitrogens is 1. The van der Waals surface area contributed by atoms with Crippen molar-refractivity contribution in [3.63, 3.8) is 0 Å². The van der Waals surface area contributed by atoms with Crippen LogP contribution >= 0.6 is 0 Å². The summed E-state index contributed by atoms with van der Waals surface area (Å²) in [7, 11) is 1.78. The van der Waals surface area contributed by atoms with Crippen molar-refractivity contribution in [2.45, 2.75) is 6.04 Å². The Morgan fingerprint density at radius 2 is 1.68 bits per heavy atom. The lowest BCUT2D eigenvalue weighted by atomic mass is 9.97. The molecule has 1 unspecified atom stereocenters. The third-order valence-electron chi connectivity index (χ3n) is 4.12. The number of amides is 1. The van der Waals surface area contributed by atoms with Gasteiger partial charge < -0.3 is 4.90 Å². The Morgan fingerprint density at radius 1 is 0.960 bits per heavy atom. The average molecular weight is 330 g/mol. The zero-order valence-corrected chi connectivity index (χ0v) is 13.9. The molecule has 0 spiro atoms. The number of aldehydes is 1. The van der Waals surface area contributed by atoms with Crippen LogP contribution in [0, 0.1) is 0 Å². The average Bonchev–Trinajstić information content (AvgIpc) is 2.69. The molecule has 0 aliphatic rings. The van der Waals surface area contributed by atoms with Crippen molar-refractivity contribution in [1.82, 2.24) is 9.88 Å². The standard InChI is InChI=1S/C21H18N2O2/c1-23(21(25)18-6-3-2-4-7-18)20(19-8-5-13-22-14-19)17-11-9-16(15-24)10-12-17/h2-15,20H,1H3. The van der Waals surface area contributed by atoms with Crippen LogP contribution in [-0.4, -0.2) is 29.1 Å². The van der Waals surface area contributed by atoms with E-state index in [-0.39, 0.29) is 11.9 Å². The van der Waals surface area contributed by atoms with E-state index in [0.717, 1.165) is 17.4 Å². The van der Waals surface area contributed by atoms with E-state index in [2.05, 4.69) is 4.98 Å². The van der Waals surface area contributed by atoms with Crippen LogP contribution in [0.4, 0.5) is 0 Å². The molecule has 0 aliphatic carbocycles. The Balaban J connectivity index is 2.01. The molecule has 1 atom stereocenters. The summed E-state index contributed by atoms with van der Waals surface area (Å²) in [5.41, 5.74) is 3.06. The van der Waals surface area contributed by atoms with Crippen molar-refractivity contribution < 1.29 is 9.59 Å². The molecular formula is C21H18N2O2. The van der Waals surface area contributed by atoms with Crippen molar-refractivity contribution >= 4 is 12.2 Å². The number of hydrogen-bond donors (Lipinski definition) is 0. The molecule has 4 heteroatoms. The van der Waals surface area contributed by atoms with Crippen LogP contribution in [0.1, 0.15) is 37.9 Å². The summed E-state index contributed by atoms with van der Waals surface area (Å²) < 4.78 is 0. The molecule has 1 amide bonds. The number of carbonyl (C=O) groups excluding carboxylic acids is 2. The number of rotatable bonds is 5. The predicted octanol–water partition coefficient (Wildman–Crippen LogP) is 3.76. The minimum atomic E-state index is -0.290. The van der Waals surface area contributed by atoms with Gasteiger partial charge in [-0.15, -0.1) is 0 Å². The maximum absolute atomic E-state index is 12.9. The SMILES string of the molecule is CN(C(=O)c1ccccc1)C(c1ccc(C=O)cc1)c1cccnc1. The number of nitrogens with zero attached hydrogens (tertiary/aromatic N) is 2. The summed E-state index contributed by atoms with van der Waals surface area (Å²) in [6.45, 7) is 0. The van der Waals surface area contributed by atoms with E-state index in [4.69, 9.17) is 0 Å². The first-order chi connectivity index (χ1) is 12.2. The van der Waals surface area contributed by atoms with Gasteiger partial charge >= 0.3 is 0 Å². The minimum Gasteiger partial charge on any atom is -0.331 e. The van der Waals surface area contributed by atoms with Crippen molar-refractivity contribution in [3.8, 4) is 0 Å². The minimum absolute atomic E-state index is 0.0751. The molecule has 0 saturated heterocycles. The van der Waals surface area contributed by atoms with Crippen LogP contribution in [0.5, 0.6) is 0 Å². The van der Waals surface area contributed by atoms with Crippen LogP contribution in [0.15, 0.2) is 79.1 Å². The molecule has 3 rings (SSSR count). The van der Waals surface area contributed by atoms with Crippen molar-refractivity contribution in [3.05, 3.63) is 101 Å². The van der Waals surface area contributed by atoms with Crippen molar-refractivity contribution in [2.24, 2.45) is 0 Å². The van der Waals surface area contributed by atoms with Crippen molar-refractivity contribution in [2.75, 3.05) is 7.05 Å². The molecule has 25 heavy (non-hydrogen) atoms. The van der Waals surface area contributed by atoms with E-state index < -0.39 is 0 Å². The van der Waals surface area contributed by atoms with E-state index in [0.29, 0.717) is 11.1 Å². The van der Waals surface area contributed by atoms with Crippen LogP contribution in [-0.2, 0) is 0 Å². The molecule has 0 N–H and O–H groups in total. The first-order valence-electron chi connectivity index (χ1n) is 7.98. The number of pyridine rings is 1. The highest BCUT2D eigenvalue weighted by atomic mass is 16.2. The quantitative estimate of drug-likeness (QED) is 0.669. The van der Waals surface area contributed by atoms with Gasteiger partial charge in [-0.3, -0.25) is 14.6 Å². The Bertz CT molecular complexity index is 846. The molecule has 0 fully saturated rings.